The fourth-order valence-electron chi connectivity index (χ4n) is 4.04. The van der Waals surface area contributed by atoms with Crippen molar-refractivity contribution in [3.05, 3.63) is 89.5 Å². The van der Waals surface area contributed by atoms with Gasteiger partial charge in [0.05, 0.1) is 21.3 Å². The minimum atomic E-state index is 0.0788. The Bertz CT molecular complexity index is 1010. The number of carbonyl (C=O) groups is 1. The van der Waals surface area contributed by atoms with Crippen LogP contribution < -0.4 is 14.2 Å². The first-order chi connectivity index (χ1) is 16.1. The predicted octanol–water partition coefficient (Wildman–Crippen LogP) is 5.67. The largest absolute Gasteiger partial charge is 0.497 e. The standard InChI is InChI=1S/C28H33NO4/c1-5-28(30)29(20-21-10-14-23(31-2)15-11-21)19-18-25(22-12-16-24(32-3)17-13-22)26-8-6-7-9-27(26)33-4/h6-17,25H,5,18-20H2,1-4H3. The van der Waals surface area contributed by atoms with Crippen molar-refractivity contribution in [3.8, 4) is 17.2 Å². The van der Waals surface area contributed by atoms with Gasteiger partial charge in [-0.1, -0.05) is 49.4 Å². The van der Waals surface area contributed by atoms with Crippen LogP contribution in [0.15, 0.2) is 72.8 Å². The van der Waals surface area contributed by atoms with Crippen molar-refractivity contribution >= 4 is 5.91 Å². The molecule has 0 aromatic heterocycles. The Morgan fingerprint density at radius 1 is 0.818 bits per heavy atom. The van der Waals surface area contributed by atoms with Gasteiger partial charge in [0.15, 0.2) is 0 Å². The average molecular weight is 448 g/mol. The minimum Gasteiger partial charge on any atom is -0.497 e. The van der Waals surface area contributed by atoms with Crippen LogP contribution in [-0.4, -0.2) is 38.7 Å². The van der Waals surface area contributed by atoms with Crippen LogP contribution in [0.4, 0.5) is 0 Å². The van der Waals surface area contributed by atoms with Gasteiger partial charge in [-0.15, -0.1) is 0 Å². The molecule has 1 unspecified atom stereocenters. The van der Waals surface area contributed by atoms with Crippen molar-refractivity contribution in [3.63, 3.8) is 0 Å². The third-order valence-electron chi connectivity index (χ3n) is 5.91. The van der Waals surface area contributed by atoms with Crippen LogP contribution in [-0.2, 0) is 11.3 Å². The van der Waals surface area contributed by atoms with Gasteiger partial charge < -0.3 is 19.1 Å². The summed E-state index contributed by atoms with van der Waals surface area (Å²) in [6.07, 6.45) is 1.24. The van der Waals surface area contributed by atoms with Gasteiger partial charge in [0.2, 0.25) is 5.91 Å². The lowest BCUT2D eigenvalue weighted by atomic mass is 9.87. The van der Waals surface area contributed by atoms with Gasteiger partial charge in [0.1, 0.15) is 17.2 Å². The molecule has 3 aromatic carbocycles. The van der Waals surface area contributed by atoms with Gasteiger partial charge in [-0.3, -0.25) is 4.79 Å². The second kappa shape index (κ2) is 12.0. The highest BCUT2D eigenvalue weighted by Gasteiger charge is 2.21. The summed E-state index contributed by atoms with van der Waals surface area (Å²) in [5, 5.41) is 0. The first-order valence-corrected chi connectivity index (χ1v) is 11.3. The Hall–Kier alpha value is -3.47. The molecule has 5 nitrogen and oxygen atoms in total. The van der Waals surface area contributed by atoms with E-state index in [4.69, 9.17) is 14.2 Å². The number of ether oxygens (including phenoxy) is 3. The summed E-state index contributed by atoms with van der Waals surface area (Å²) in [5.74, 6) is 2.69. The molecule has 0 aliphatic rings. The molecule has 0 fully saturated rings. The summed E-state index contributed by atoms with van der Waals surface area (Å²) < 4.78 is 16.3. The second-order valence-corrected chi connectivity index (χ2v) is 7.87. The number of carbonyl (C=O) groups excluding carboxylic acids is 1. The molecule has 0 spiro atoms. The molecular weight excluding hydrogens is 414 g/mol. The SMILES string of the molecule is CCC(=O)N(CCC(c1ccc(OC)cc1)c1ccccc1OC)Cc1ccc(OC)cc1. The average Bonchev–Trinajstić information content (AvgIpc) is 2.88. The summed E-state index contributed by atoms with van der Waals surface area (Å²) in [7, 11) is 5.01. The summed E-state index contributed by atoms with van der Waals surface area (Å²) in [6, 6.07) is 24.1. The molecule has 1 amide bonds. The fraction of sp³-hybridized carbons (Fsp3) is 0.321. The molecule has 0 saturated carbocycles. The van der Waals surface area contributed by atoms with Crippen LogP contribution in [0, 0.1) is 0 Å². The summed E-state index contributed by atoms with van der Waals surface area (Å²) in [5.41, 5.74) is 3.35. The highest BCUT2D eigenvalue weighted by Crippen LogP contribution is 2.35. The van der Waals surface area contributed by atoms with Gasteiger partial charge in [-0.05, 0) is 47.9 Å². The molecule has 0 N–H and O–H groups in total. The Balaban J connectivity index is 1.86. The van der Waals surface area contributed by atoms with Crippen molar-refractivity contribution in [1.82, 2.24) is 4.90 Å². The Labute approximate surface area is 196 Å². The maximum atomic E-state index is 12.8. The zero-order valence-corrected chi connectivity index (χ0v) is 19.9. The second-order valence-electron chi connectivity index (χ2n) is 7.87. The maximum Gasteiger partial charge on any atom is 0.222 e. The number of para-hydroxylation sites is 1. The lowest BCUT2D eigenvalue weighted by Gasteiger charge is -2.27. The van der Waals surface area contributed by atoms with Gasteiger partial charge in [0, 0.05) is 31.0 Å². The van der Waals surface area contributed by atoms with Crippen LogP contribution in [0.1, 0.15) is 42.4 Å². The number of hydrogen-bond acceptors (Lipinski definition) is 4. The molecule has 0 bridgehead atoms. The van der Waals surface area contributed by atoms with E-state index in [1.165, 1.54) is 0 Å². The fourth-order valence-corrected chi connectivity index (χ4v) is 4.04. The zero-order chi connectivity index (χ0) is 23.6. The van der Waals surface area contributed by atoms with Crippen molar-refractivity contribution in [2.45, 2.75) is 32.2 Å². The Morgan fingerprint density at radius 2 is 1.42 bits per heavy atom. The van der Waals surface area contributed by atoms with E-state index in [9.17, 15) is 4.79 Å². The van der Waals surface area contributed by atoms with Crippen LogP contribution in [0.25, 0.3) is 0 Å². The molecule has 0 aliphatic heterocycles. The van der Waals surface area contributed by atoms with E-state index in [0.29, 0.717) is 19.5 Å². The normalized spacial score (nSPS) is 11.5. The molecule has 0 radical (unpaired) electrons. The van der Waals surface area contributed by atoms with Gasteiger partial charge in [-0.25, -0.2) is 0 Å². The third-order valence-corrected chi connectivity index (χ3v) is 5.91. The molecular formula is C28H33NO4. The van der Waals surface area contributed by atoms with Crippen molar-refractivity contribution in [1.29, 1.82) is 0 Å². The monoisotopic (exact) mass is 447 g/mol. The lowest BCUT2D eigenvalue weighted by molar-refractivity contribution is -0.131. The van der Waals surface area contributed by atoms with E-state index in [-0.39, 0.29) is 11.8 Å². The lowest BCUT2D eigenvalue weighted by Crippen LogP contribution is -2.31. The number of amides is 1. The quantitative estimate of drug-likeness (QED) is 0.380. The van der Waals surface area contributed by atoms with E-state index in [0.717, 1.165) is 40.4 Å². The first-order valence-electron chi connectivity index (χ1n) is 11.3. The van der Waals surface area contributed by atoms with Crippen LogP contribution in [0.2, 0.25) is 0 Å². The van der Waals surface area contributed by atoms with Gasteiger partial charge in [-0.2, -0.15) is 0 Å². The number of nitrogens with zero attached hydrogens (tertiary/aromatic N) is 1. The van der Waals surface area contributed by atoms with E-state index >= 15 is 0 Å². The van der Waals surface area contributed by atoms with Crippen LogP contribution in [0.3, 0.4) is 0 Å². The summed E-state index contributed by atoms with van der Waals surface area (Å²) >= 11 is 0. The number of benzene rings is 3. The predicted molar refractivity (Wildman–Crippen MR) is 131 cm³/mol. The maximum absolute atomic E-state index is 12.8. The molecule has 5 heteroatoms. The van der Waals surface area contributed by atoms with Crippen LogP contribution in [0.5, 0.6) is 17.2 Å². The molecule has 0 heterocycles. The summed E-state index contributed by atoms with van der Waals surface area (Å²) in [4.78, 5) is 14.7. The molecule has 0 saturated heterocycles. The Morgan fingerprint density at radius 3 is 2.00 bits per heavy atom. The smallest absolute Gasteiger partial charge is 0.222 e. The van der Waals surface area contributed by atoms with Crippen LogP contribution >= 0.6 is 0 Å². The van der Waals surface area contributed by atoms with E-state index in [1.807, 2.05) is 66.4 Å². The Kier molecular flexibility index (Phi) is 8.76. The highest BCUT2D eigenvalue weighted by molar-refractivity contribution is 5.75. The molecule has 0 aliphatic carbocycles. The molecule has 3 rings (SSSR count). The van der Waals surface area contributed by atoms with E-state index in [1.54, 1.807) is 21.3 Å². The summed E-state index contributed by atoms with van der Waals surface area (Å²) in [6.45, 7) is 3.11. The van der Waals surface area contributed by atoms with Gasteiger partial charge >= 0.3 is 0 Å². The molecule has 1 atom stereocenters. The van der Waals surface area contributed by atoms with E-state index < -0.39 is 0 Å². The van der Waals surface area contributed by atoms with Crippen molar-refractivity contribution < 1.29 is 19.0 Å². The number of methoxy groups -OCH3 is 3. The van der Waals surface area contributed by atoms with Crippen molar-refractivity contribution in [2.24, 2.45) is 0 Å². The number of hydrogen-bond donors (Lipinski definition) is 0. The zero-order valence-electron chi connectivity index (χ0n) is 19.9. The topological polar surface area (TPSA) is 48.0 Å². The highest BCUT2D eigenvalue weighted by atomic mass is 16.5. The molecule has 33 heavy (non-hydrogen) atoms. The van der Waals surface area contributed by atoms with E-state index in [2.05, 4.69) is 18.2 Å². The third kappa shape index (κ3) is 6.28. The molecule has 174 valence electrons. The first kappa shape index (κ1) is 24.2. The minimum absolute atomic E-state index is 0.0788. The molecule has 3 aromatic rings. The van der Waals surface area contributed by atoms with Gasteiger partial charge in [0.25, 0.3) is 0 Å². The van der Waals surface area contributed by atoms with Crippen molar-refractivity contribution in [2.75, 3.05) is 27.9 Å². The number of rotatable bonds is 11.